The number of carboxylic acids is 1. The molecule has 2 rings (SSSR count). The predicted molar refractivity (Wildman–Crippen MR) is 70.0 cm³/mol. The standard InChI is InChI=1S/C13H16ClNO3/c1-18-8-13(12(16)17,9-2-3-9)15-11-6-4-10(14)5-7-11/h4-7,9,15H,2-3,8H2,1H3,(H,16,17). The lowest BCUT2D eigenvalue weighted by molar-refractivity contribution is -0.145. The highest BCUT2D eigenvalue weighted by molar-refractivity contribution is 6.30. The van der Waals surface area contributed by atoms with Crippen LogP contribution in [-0.4, -0.2) is 30.3 Å². The molecule has 2 N–H and O–H groups in total. The van der Waals surface area contributed by atoms with Crippen LogP contribution in [0, 0.1) is 5.92 Å². The van der Waals surface area contributed by atoms with Gasteiger partial charge in [-0.3, -0.25) is 0 Å². The third-order valence-corrected chi connectivity index (χ3v) is 3.49. The van der Waals surface area contributed by atoms with Gasteiger partial charge in [0.1, 0.15) is 0 Å². The summed E-state index contributed by atoms with van der Waals surface area (Å²) in [6.45, 7) is 0.148. The van der Waals surface area contributed by atoms with Crippen LogP contribution < -0.4 is 5.32 Å². The van der Waals surface area contributed by atoms with Crippen molar-refractivity contribution < 1.29 is 14.6 Å². The number of methoxy groups -OCH3 is 1. The summed E-state index contributed by atoms with van der Waals surface area (Å²) < 4.78 is 5.10. The second kappa shape index (κ2) is 5.16. The number of benzene rings is 1. The van der Waals surface area contributed by atoms with Gasteiger partial charge in [-0.15, -0.1) is 0 Å². The maximum Gasteiger partial charge on any atom is 0.332 e. The largest absolute Gasteiger partial charge is 0.479 e. The highest BCUT2D eigenvalue weighted by Crippen LogP contribution is 2.42. The van der Waals surface area contributed by atoms with Crippen molar-refractivity contribution in [2.45, 2.75) is 18.4 Å². The van der Waals surface area contributed by atoms with E-state index in [4.69, 9.17) is 16.3 Å². The Morgan fingerprint density at radius 2 is 2.11 bits per heavy atom. The first-order valence-electron chi connectivity index (χ1n) is 5.84. The molecule has 1 aliphatic rings. The zero-order valence-corrected chi connectivity index (χ0v) is 10.9. The quantitative estimate of drug-likeness (QED) is 0.834. The highest BCUT2D eigenvalue weighted by Gasteiger charge is 2.51. The van der Waals surface area contributed by atoms with Gasteiger partial charge < -0.3 is 15.2 Å². The third-order valence-electron chi connectivity index (χ3n) is 3.24. The summed E-state index contributed by atoms with van der Waals surface area (Å²) in [5, 5.41) is 13.2. The van der Waals surface area contributed by atoms with E-state index in [2.05, 4.69) is 5.32 Å². The van der Waals surface area contributed by atoms with Gasteiger partial charge in [0.05, 0.1) is 6.61 Å². The van der Waals surface area contributed by atoms with Crippen molar-refractivity contribution in [3.8, 4) is 0 Å². The van der Waals surface area contributed by atoms with Crippen LogP contribution in [0.4, 0.5) is 5.69 Å². The molecule has 1 aromatic rings. The van der Waals surface area contributed by atoms with E-state index in [0.29, 0.717) is 5.02 Å². The molecule has 1 saturated carbocycles. The lowest BCUT2D eigenvalue weighted by Gasteiger charge is -2.31. The fraction of sp³-hybridized carbons (Fsp3) is 0.462. The van der Waals surface area contributed by atoms with E-state index in [1.54, 1.807) is 24.3 Å². The average molecular weight is 270 g/mol. The molecule has 0 spiro atoms. The summed E-state index contributed by atoms with van der Waals surface area (Å²) in [7, 11) is 1.52. The Hall–Kier alpha value is -1.26. The molecular weight excluding hydrogens is 254 g/mol. The van der Waals surface area contributed by atoms with Gasteiger partial charge in [0.15, 0.2) is 5.54 Å². The molecule has 0 bridgehead atoms. The summed E-state index contributed by atoms with van der Waals surface area (Å²) >= 11 is 5.81. The van der Waals surface area contributed by atoms with Crippen molar-refractivity contribution in [2.75, 3.05) is 19.0 Å². The first kappa shape index (κ1) is 13.2. The molecule has 1 fully saturated rings. The van der Waals surface area contributed by atoms with Crippen LogP contribution in [-0.2, 0) is 9.53 Å². The number of rotatable bonds is 6. The molecule has 98 valence electrons. The molecule has 0 amide bonds. The molecule has 1 unspecified atom stereocenters. The summed E-state index contributed by atoms with van der Waals surface area (Å²) in [4.78, 5) is 11.6. The third kappa shape index (κ3) is 2.60. The number of hydrogen-bond acceptors (Lipinski definition) is 3. The highest BCUT2D eigenvalue weighted by atomic mass is 35.5. The normalized spacial score (nSPS) is 18.1. The van der Waals surface area contributed by atoms with Crippen LogP contribution in [0.1, 0.15) is 12.8 Å². The average Bonchev–Trinajstić information content (AvgIpc) is 3.15. The minimum atomic E-state index is -1.04. The van der Waals surface area contributed by atoms with Gasteiger partial charge in [-0.25, -0.2) is 4.79 Å². The van der Waals surface area contributed by atoms with Gasteiger partial charge in [0.2, 0.25) is 0 Å². The molecule has 0 heterocycles. The lowest BCUT2D eigenvalue weighted by atomic mass is 9.93. The molecule has 1 aromatic carbocycles. The zero-order chi connectivity index (χ0) is 13.2. The lowest BCUT2D eigenvalue weighted by Crippen LogP contribution is -2.52. The molecule has 18 heavy (non-hydrogen) atoms. The number of carbonyl (C=O) groups is 1. The van der Waals surface area contributed by atoms with Gasteiger partial charge in [0, 0.05) is 17.8 Å². The molecule has 0 radical (unpaired) electrons. The van der Waals surface area contributed by atoms with Crippen LogP contribution in [0.2, 0.25) is 5.02 Å². The second-order valence-corrected chi connectivity index (χ2v) is 5.05. The maximum atomic E-state index is 11.6. The molecule has 1 aliphatic carbocycles. The van der Waals surface area contributed by atoms with Crippen molar-refractivity contribution in [1.29, 1.82) is 0 Å². The van der Waals surface area contributed by atoms with Crippen molar-refractivity contribution in [3.63, 3.8) is 0 Å². The van der Waals surface area contributed by atoms with Crippen molar-refractivity contribution in [1.82, 2.24) is 0 Å². The van der Waals surface area contributed by atoms with Crippen LogP contribution in [0.3, 0.4) is 0 Å². The van der Waals surface area contributed by atoms with Crippen molar-refractivity contribution in [3.05, 3.63) is 29.3 Å². The molecule has 0 saturated heterocycles. The van der Waals surface area contributed by atoms with Gasteiger partial charge in [-0.1, -0.05) is 11.6 Å². The van der Waals surface area contributed by atoms with E-state index in [9.17, 15) is 9.90 Å². The number of carboxylic acid groups (broad SMARTS) is 1. The minimum Gasteiger partial charge on any atom is -0.479 e. The van der Waals surface area contributed by atoms with E-state index in [1.165, 1.54) is 7.11 Å². The molecule has 0 aliphatic heterocycles. The minimum absolute atomic E-state index is 0.116. The predicted octanol–water partition coefficient (Wildman–Crippen LogP) is 2.63. The topological polar surface area (TPSA) is 58.6 Å². The van der Waals surface area contributed by atoms with Crippen molar-refractivity contribution in [2.24, 2.45) is 5.92 Å². The van der Waals surface area contributed by atoms with E-state index in [0.717, 1.165) is 18.5 Å². The smallest absolute Gasteiger partial charge is 0.332 e. The molecule has 4 nitrogen and oxygen atoms in total. The fourth-order valence-electron chi connectivity index (χ4n) is 2.14. The molecular formula is C13H16ClNO3. The SMILES string of the molecule is COCC(Nc1ccc(Cl)cc1)(C(=O)O)C1CC1. The summed E-state index contributed by atoms with van der Waals surface area (Å²) in [6, 6.07) is 7.02. The van der Waals surface area contributed by atoms with Gasteiger partial charge in [-0.2, -0.15) is 0 Å². The maximum absolute atomic E-state index is 11.6. The van der Waals surface area contributed by atoms with Gasteiger partial charge >= 0.3 is 5.97 Å². The Labute approximate surface area is 111 Å². The van der Waals surface area contributed by atoms with Crippen LogP contribution >= 0.6 is 11.6 Å². The Morgan fingerprint density at radius 3 is 2.56 bits per heavy atom. The van der Waals surface area contributed by atoms with Gasteiger partial charge in [0.25, 0.3) is 0 Å². The summed E-state index contributed by atoms with van der Waals surface area (Å²) in [5.74, 6) is -0.757. The Kier molecular flexibility index (Phi) is 3.78. The number of halogens is 1. The number of ether oxygens (including phenoxy) is 1. The zero-order valence-electron chi connectivity index (χ0n) is 10.1. The summed E-state index contributed by atoms with van der Waals surface area (Å²) in [6.07, 6.45) is 1.83. The Morgan fingerprint density at radius 1 is 1.50 bits per heavy atom. The van der Waals surface area contributed by atoms with E-state index < -0.39 is 11.5 Å². The van der Waals surface area contributed by atoms with Crippen LogP contribution in [0.15, 0.2) is 24.3 Å². The van der Waals surface area contributed by atoms with Crippen molar-refractivity contribution >= 4 is 23.3 Å². The Bertz CT molecular complexity index is 430. The number of aliphatic carboxylic acids is 1. The molecule has 1 atom stereocenters. The second-order valence-electron chi connectivity index (χ2n) is 4.62. The first-order chi connectivity index (χ1) is 8.58. The van der Waals surface area contributed by atoms with Crippen LogP contribution in [0.5, 0.6) is 0 Å². The van der Waals surface area contributed by atoms with Gasteiger partial charge in [-0.05, 0) is 43.0 Å². The first-order valence-corrected chi connectivity index (χ1v) is 6.22. The van der Waals surface area contributed by atoms with Crippen LogP contribution in [0.25, 0.3) is 0 Å². The molecule has 0 aromatic heterocycles. The van der Waals surface area contributed by atoms with E-state index in [1.807, 2.05) is 0 Å². The number of anilines is 1. The van der Waals surface area contributed by atoms with E-state index >= 15 is 0 Å². The number of nitrogens with one attached hydrogen (secondary N) is 1. The van der Waals surface area contributed by atoms with E-state index in [-0.39, 0.29) is 12.5 Å². The molecule has 5 heteroatoms. The summed E-state index contributed by atoms with van der Waals surface area (Å²) in [5.41, 5.74) is -0.298. The monoisotopic (exact) mass is 269 g/mol. The number of hydrogen-bond donors (Lipinski definition) is 2. The Balaban J connectivity index is 2.23. The fourth-order valence-corrected chi connectivity index (χ4v) is 2.27.